The lowest BCUT2D eigenvalue weighted by molar-refractivity contribution is -0.119. The fourth-order valence-corrected chi connectivity index (χ4v) is 1.57. The zero-order chi connectivity index (χ0) is 8.55. The number of rotatable bonds is 1. The predicted molar refractivity (Wildman–Crippen MR) is 43.7 cm³/mol. The lowest BCUT2D eigenvalue weighted by Crippen LogP contribution is -2.29. The van der Waals surface area contributed by atoms with Crippen molar-refractivity contribution in [2.24, 2.45) is 0 Å². The van der Waals surface area contributed by atoms with Crippen LogP contribution in [-0.2, 0) is 9.59 Å². The molecule has 1 aliphatic heterocycles. The number of imide groups is 1. The number of anilines is 1. The van der Waals surface area contributed by atoms with Crippen LogP contribution in [0.15, 0.2) is 23.7 Å². The SMILES string of the molecule is O=C1C=CC(=O)N1c1nccs1. The first-order valence-corrected chi connectivity index (χ1v) is 4.12. The number of carbonyl (C=O) groups is 2. The molecule has 60 valence electrons. The van der Waals surface area contributed by atoms with Crippen molar-refractivity contribution < 1.29 is 9.59 Å². The van der Waals surface area contributed by atoms with Crippen LogP contribution in [0, 0.1) is 0 Å². The van der Waals surface area contributed by atoms with Crippen molar-refractivity contribution in [3.05, 3.63) is 23.7 Å². The Morgan fingerprint density at radius 3 is 2.42 bits per heavy atom. The van der Waals surface area contributed by atoms with Gasteiger partial charge in [0.1, 0.15) is 0 Å². The quantitative estimate of drug-likeness (QED) is 0.594. The maximum absolute atomic E-state index is 11.1. The van der Waals surface area contributed by atoms with Crippen LogP contribution in [0.2, 0.25) is 0 Å². The van der Waals surface area contributed by atoms with Gasteiger partial charge < -0.3 is 0 Å². The van der Waals surface area contributed by atoms with Crippen LogP contribution >= 0.6 is 11.3 Å². The molecule has 0 saturated heterocycles. The summed E-state index contributed by atoms with van der Waals surface area (Å²) in [6.07, 6.45) is 4.03. The molecule has 1 aromatic heterocycles. The fraction of sp³-hybridized carbons (Fsp3) is 0. The average molecular weight is 180 g/mol. The molecule has 0 aliphatic carbocycles. The van der Waals surface area contributed by atoms with Crippen LogP contribution in [0.25, 0.3) is 0 Å². The molecule has 0 spiro atoms. The van der Waals surface area contributed by atoms with E-state index in [4.69, 9.17) is 0 Å². The number of hydrogen-bond donors (Lipinski definition) is 0. The van der Waals surface area contributed by atoms with E-state index in [1.165, 1.54) is 23.5 Å². The normalized spacial score (nSPS) is 16.2. The number of thiazole rings is 1. The molecule has 0 fully saturated rings. The first-order chi connectivity index (χ1) is 5.79. The van der Waals surface area contributed by atoms with Gasteiger partial charge in [-0.1, -0.05) is 0 Å². The molecule has 0 saturated carbocycles. The van der Waals surface area contributed by atoms with Gasteiger partial charge in [0.05, 0.1) is 0 Å². The minimum absolute atomic E-state index is 0.324. The smallest absolute Gasteiger partial charge is 0.260 e. The Labute approximate surface area is 72.1 Å². The standard InChI is InChI=1S/C7H4N2O2S/c10-5-1-2-6(11)9(5)7-8-3-4-12-7/h1-4H. The maximum atomic E-state index is 11.1. The number of nitrogens with zero attached hydrogens (tertiary/aromatic N) is 2. The van der Waals surface area contributed by atoms with Crippen LogP contribution < -0.4 is 4.90 Å². The van der Waals surface area contributed by atoms with Crippen LogP contribution in [0.1, 0.15) is 0 Å². The molecule has 2 rings (SSSR count). The molecule has 0 N–H and O–H groups in total. The Kier molecular flexibility index (Phi) is 1.51. The number of hydrogen-bond acceptors (Lipinski definition) is 4. The van der Waals surface area contributed by atoms with Gasteiger partial charge in [-0.2, -0.15) is 0 Å². The monoisotopic (exact) mass is 180 g/mol. The highest BCUT2D eigenvalue weighted by molar-refractivity contribution is 7.14. The van der Waals surface area contributed by atoms with Gasteiger partial charge in [0.15, 0.2) is 5.13 Å². The Balaban J connectivity index is 2.37. The Morgan fingerprint density at radius 2 is 1.92 bits per heavy atom. The van der Waals surface area contributed by atoms with Gasteiger partial charge in [-0.25, -0.2) is 9.88 Å². The number of aromatic nitrogens is 1. The van der Waals surface area contributed by atoms with E-state index in [-0.39, 0.29) is 11.8 Å². The van der Waals surface area contributed by atoms with E-state index in [0.29, 0.717) is 5.13 Å². The highest BCUT2D eigenvalue weighted by Crippen LogP contribution is 2.20. The van der Waals surface area contributed by atoms with Gasteiger partial charge in [0, 0.05) is 23.7 Å². The summed E-state index contributed by atoms with van der Waals surface area (Å²) in [7, 11) is 0. The molecule has 0 radical (unpaired) electrons. The lowest BCUT2D eigenvalue weighted by atomic mass is 10.6. The molecule has 0 atom stereocenters. The molecule has 2 heterocycles. The third kappa shape index (κ3) is 0.947. The number of carbonyl (C=O) groups excluding carboxylic acids is 2. The lowest BCUT2D eigenvalue weighted by Gasteiger charge is -2.07. The molecule has 4 nitrogen and oxygen atoms in total. The summed E-state index contributed by atoms with van der Waals surface area (Å²) in [5, 5.41) is 2.14. The Hall–Kier alpha value is -1.49. The van der Waals surface area contributed by atoms with E-state index in [0.717, 1.165) is 4.90 Å². The predicted octanol–water partition coefficient (Wildman–Crippen LogP) is 0.572. The molecular weight excluding hydrogens is 176 g/mol. The highest BCUT2D eigenvalue weighted by Gasteiger charge is 2.26. The summed E-state index contributed by atoms with van der Waals surface area (Å²) in [5.41, 5.74) is 0. The van der Waals surface area contributed by atoms with Gasteiger partial charge in [-0.05, 0) is 0 Å². The van der Waals surface area contributed by atoms with Crippen LogP contribution in [0.5, 0.6) is 0 Å². The topological polar surface area (TPSA) is 50.3 Å². The summed E-state index contributed by atoms with van der Waals surface area (Å²) in [6.45, 7) is 0. The molecule has 1 aromatic rings. The minimum atomic E-state index is -0.324. The van der Waals surface area contributed by atoms with Crippen molar-refractivity contribution >= 4 is 28.3 Å². The second kappa shape index (κ2) is 2.53. The zero-order valence-electron chi connectivity index (χ0n) is 5.93. The molecule has 0 aromatic carbocycles. The van der Waals surface area contributed by atoms with Crippen LogP contribution in [0.3, 0.4) is 0 Å². The van der Waals surface area contributed by atoms with Crippen LogP contribution in [0.4, 0.5) is 5.13 Å². The summed E-state index contributed by atoms with van der Waals surface area (Å²) in [5.74, 6) is -0.648. The molecular formula is C7H4N2O2S. The van der Waals surface area contributed by atoms with Crippen molar-refractivity contribution in [1.29, 1.82) is 0 Å². The van der Waals surface area contributed by atoms with Crippen molar-refractivity contribution in [3.8, 4) is 0 Å². The van der Waals surface area contributed by atoms with E-state index in [1.807, 2.05) is 0 Å². The Bertz CT molecular complexity index is 337. The maximum Gasteiger partial charge on any atom is 0.260 e. The fourth-order valence-electron chi connectivity index (χ4n) is 0.915. The largest absolute Gasteiger partial charge is 0.269 e. The molecule has 2 amide bonds. The second-order valence-electron chi connectivity index (χ2n) is 2.16. The van der Waals surface area contributed by atoms with Gasteiger partial charge in [0.2, 0.25) is 0 Å². The van der Waals surface area contributed by atoms with Gasteiger partial charge in [-0.15, -0.1) is 11.3 Å². The Morgan fingerprint density at radius 1 is 1.25 bits per heavy atom. The van der Waals surface area contributed by atoms with E-state index >= 15 is 0 Å². The average Bonchev–Trinajstić information content (AvgIpc) is 2.61. The van der Waals surface area contributed by atoms with Gasteiger partial charge in [0.25, 0.3) is 11.8 Å². The van der Waals surface area contributed by atoms with Crippen molar-refractivity contribution in [2.45, 2.75) is 0 Å². The first kappa shape index (κ1) is 7.17. The third-order valence-corrected chi connectivity index (χ3v) is 2.18. The van der Waals surface area contributed by atoms with Gasteiger partial charge >= 0.3 is 0 Å². The van der Waals surface area contributed by atoms with E-state index in [9.17, 15) is 9.59 Å². The summed E-state index contributed by atoms with van der Waals surface area (Å²) in [4.78, 5) is 27.0. The van der Waals surface area contributed by atoms with Crippen LogP contribution in [-0.4, -0.2) is 16.8 Å². The molecule has 12 heavy (non-hydrogen) atoms. The van der Waals surface area contributed by atoms with Crippen molar-refractivity contribution in [3.63, 3.8) is 0 Å². The highest BCUT2D eigenvalue weighted by atomic mass is 32.1. The molecule has 0 bridgehead atoms. The molecule has 0 unspecified atom stereocenters. The first-order valence-electron chi connectivity index (χ1n) is 3.24. The van der Waals surface area contributed by atoms with Crippen molar-refractivity contribution in [2.75, 3.05) is 4.90 Å². The van der Waals surface area contributed by atoms with E-state index < -0.39 is 0 Å². The van der Waals surface area contributed by atoms with Crippen molar-refractivity contribution in [1.82, 2.24) is 4.98 Å². The molecule has 1 aliphatic rings. The summed E-state index contributed by atoms with van der Waals surface area (Å²) >= 11 is 1.26. The number of amides is 2. The molecule has 5 heteroatoms. The zero-order valence-corrected chi connectivity index (χ0v) is 6.75. The van der Waals surface area contributed by atoms with Gasteiger partial charge in [-0.3, -0.25) is 9.59 Å². The third-order valence-electron chi connectivity index (χ3n) is 1.42. The summed E-state index contributed by atoms with van der Waals surface area (Å²) < 4.78 is 0. The second-order valence-corrected chi connectivity index (χ2v) is 3.03. The minimum Gasteiger partial charge on any atom is -0.269 e. The van der Waals surface area contributed by atoms with E-state index in [2.05, 4.69) is 4.98 Å². The summed E-state index contributed by atoms with van der Waals surface area (Å²) in [6, 6.07) is 0. The van der Waals surface area contributed by atoms with E-state index in [1.54, 1.807) is 11.6 Å².